The van der Waals surface area contributed by atoms with E-state index in [0.29, 0.717) is 0 Å². The monoisotopic (exact) mass is 426 g/mol. The molecule has 1 aliphatic rings. The molecular weight excluding hydrogens is 400 g/mol. The van der Waals surface area contributed by atoms with E-state index in [1.807, 2.05) is 0 Å². The average Bonchev–Trinajstić information content (AvgIpc) is 2.61. The van der Waals surface area contributed by atoms with Crippen LogP contribution in [-0.4, -0.2) is 115 Å². The lowest BCUT2D eigenvalue weighted by Crippen LogP contribution is -2.64. The van der Waals surface area contributed by atoms with Gasteiger partial charge in [-0.1, -0.05) is 0 Å². The number of aliphatic hydroxyl groups excluding tert-OH is 4. The summed E-state index contributed by atoms with van der Waals surface area (Å²) in [5.74, 6) is -5.30. The van der Waals surface area contributed by atoms with Gasteiger partial charge < -0.3 is 50.0 Å². The van der Waals surface area contributed by atoms with Gasteiger partial charge in [0.05, 0.1) is 12.2 Å². The summed E-state index contributed by atoms with van der Waals surface area (Å²) < 4.78 is 15.7. The first-order valence-corrected chi connectivity index (χ1v) is 8.66. The zero-order valence-electron chi connectivity index (χ0n) is 15.9. The molecule has 168 valence electrons. The van der Waals surface area contributed by atoms with Gasteiger partial charge in [0.2, 0.25) is 0 Å². The predicted molar refractivity (Wildman–Crippen MR) is 89.9 cm³/mol. The van der Waals surface area contributed by atoms with E-state index in [9.17, 15) is 39.9 Å². The molecule has 0 aliphatic carbocycles. The average molecular weight is 426 g/mol. The second-order valence-electron chi connectivity index (χ2n) is 6.86. The highest BCUT2D eigenvalue weighted by molar-refractivity contribution is 5.77. The summed E-state index contributed by atoms with van der Waals surface area (Å²) in [6, 6.07) is 0. The lowest BCUT2D eigenvalue weighted by atomic mass is 9.92. The number of aliphatic hydroxyl groups is 4. The molecule has 1 fully saturated rings. The molecule has 8 unspecified atom stereocenters. The van der Waals surface area contributed by atoms with Crippen LogP contribution in [0.3, 0.4) is 0 Å². The first-order chi connectivity index (χ1) is 13.3. The van der Waals surface area contributed by atoms with E-state index >= 15 is 0 Å². The minimum Gasteiger partial charge on any atom is -0.479 e. The Kier molecular flexibility index (Phi) is 8.89. The van der Waals surface area contributed by atoms with Crippen LogP contribution in [0.5, 0.6) is 0 Å². The van der Waals surface area contributed by atoms with Gasteiger partial charge in [0.15, 0.2) is 18.3 Å². The lowest BCUT2D eigenvalue weighted by Gasteiger charge is -2.44. The highest BCUT2D eigenvalue weighted by Crippen LogP contribution is 2.28. The van der Waals surface area contributed by atoms with Crippen LogP contribution < -0.4 is 0 Å². The molecule has 1 saturated heterocycles. The van der Waals surface area contributed by atoms with Gasteiger partial charge >= 0.3 is 17.9 Å². The van der Waals surface area contributed by atoms with Crippen LogP contribution in [0.1, 0.15) is 20.8 Å². The molecule has 1 aliphatic heterocycles. The smallest absolute Gasteiger partial charge is 0.335 e. The Hall–Kier alpha value is -1.87. The van der Waals surface area contributed by atoms with Crippen LogP contribution in [-0.2, 0) is 28.6 Å². The Morgan fingerprint density at radius 2 is 1.38 bits per heavy atom. The van der Waals surface area contributed by atoms with Gasteiger partial charge in [0, 0.05) is 0 Å². The Bertz CT molecular complexity index is 573. The molecule has 1 heterocycles. The number of ether oxygens (including phenoxy) is 3. The third-order valence-corrected chi connectivity index (χ3v) is 4.26. The molecule has 0 aromatic rings. The molecule has 0 aromatic carbocycles. The van der Waals surface area contributed by atoms with Crippen molar-refractivity contribution in [2.75, 3.05) is 0 Å². The lowest BCUT2D eigenvalue weighted by molar-refractivity contribution is -0.269. The maximum absolute atomic E-state index is 11.5. The number of aliphatic carboxylic acids is 3. The van der Waals surface area contributed by atoms with Crippen molar-refractivity contribution in [2.24, 2.45) is 0 Å². The number of hydrogen-bond donors (Lipinski definition) is 7. The van der Waals surface area contributed by atoms with Crippen LogP contribution >= 0.6 is 0 Å². The zero-order valence-corrected chi connectivity index (χ0v) is 15.9. The van der Waals surface area contributed by atoms with Crippen LogP contribution in [0.4, 0.5) is 0 Å². The van der Waals surface area contributed by atoms with E-state index in [1.54, 1.807) is 13.8 Å². The van der Waals surface area contributed by atoms with Gasteiger partial charge in [0.25, 0.3) is 0 Å². The first kappa shape index (κ1) is 25.2. The third kappa shape index (κ3) is 6.05. The van der Waals surface area contributed by atoms with Crippen molar-refractivity contribution in [1.29, 1.82) is 0 Å². The largest absolute Gasteiger partial charge is 0.479 e. The number of carbonyl (C=O) groups is 3. The van der Waals surface area contributed by atoms with Gasteiger partial charge in [-0.05, 0) is 20.8 Å². The topological polar surface area (TPSA) is 221 Å². The molecule has 13 heteroatoms. The number of rotatable bonds is 10. The second kappa shape index (κ2) is 10.2. The van der Waals surface area contributed by atoms with E-state index in [4.69, 9.17) is 24.4 Å². The molecule has 0 radical (unpaired) electrons. The molecule has 8 atom stereocenters. The third-order valence-electron chi connectivity index (χ3n) is 4.26. The molecule has 1 rings (SSSR count). The van der Waals surface area contributed by atoms with E-state index < -0.39 is 78.9 Å². The molecule has 13 nitrogen and oxygen atoms in total. The van der Waals surface area contributed by atoms with Crippen LogP contribution in [0, 0.1) is 0 Å². The molecule has 29 heavy (non-hydrogen) atoms. The summed E-state index contributed by atoms with van der Waals surface area (Å²) in [5.41, 5.74) is 0. The highest BCUT2D eigenvalue weighted by atomic mass is 16.6. The normalized spacial score (nSPS) is 31.7. The highest BCUT2D eigenvalue weighted by Gasteiger charge is 2.51. The SMILES string of the molecule is CC(C)OC1C(C(=O)O)OC(C(C)OC(C(O)C(=O)O)C(O)C(=O)O)C(O)C1O. The van der Waals surface area contributed by atoms with Crippen molar-refractivity contribution in [3.8, 4) is 0 Å². The van der Waals surface area contributed by atoms with Crippen LogP contribution in [0.25, 0.3) is 0 Å². The summed E-state index contributed by atoms with van der Waals surface area (Å²) in [7, 11) is 0. The minimum absolute atomic E-state index is 0.515. The summed E-state index contributed by atoms with van der Waals surface area (Å²) in [6.07, 6.45) is -17.3. The van der Waals surface area contributed by atoms with Crippen LogP contribution in [0.2, 0.25) is 0 Å². The molecule has 0 aromatic heterocycles. The standard InChI is InChI=1S/C16H26O13/c1-4(2)27-12-7(18)6(17)10(29-13(12)16(25)26)5(3)28-11(8(19)14(21)22)9(20)15(23)24/h4-13,17-20H,1-3H3,(H,21,22)(H,23,24)(H,25,26). The maximum atomic E-state index is 11.5. The molecule has 0 bridgehead atoms. The Balaban J connectivity index is 3.09. The van der Waals surface area contributed by atoms with E-state index in [1.165, 1.54) is 0 Å². The van der Waals surface area contributed by atoms with Gasteiger partial charge in [-0.25, -0.2) is 14.4 Å². The number of hydrogen-bond acceptors (Lipinski definition) is 10. The van der Waals surface area contributed by atoms with Crippen molar-refractivity contribution < 1.29 is 64.3 Å². The van der Waals surface area contributed by atoms with Gasteiger partial charge in [0.1, 0.15) is 30.5 Å². The van der Waals surface area contributed by atoms with Crippen LogP contribution in [0.15, 0.2) is 0 Å². The maximum Gasteiger partial charge on any atom is 0.335 e. The Labute approximate surface area is 165 Å². The van der Waals surface area contributed by atoms with Gasteiger partial charge in [-0.2, -0.15) is 0 Å². The van der Waals surface area contributed by atoms with Crippen molar-refractivity contribution in [2.45, 2.75) is 81.8 Å². The summed E-state index contributed by atoms with van der Waals surface area (Å²) >= 11 is 0. The fraction of sp³-hybridized carbons (Fsp3) is 0.812. The van der Waals surface area contributed by atoms with E-state index in [2.05, 4.69) is 0 Å². The van der Waals surface area contributed by atoms with Crippen molar-refractivity contribution in [1.82, 2.24) is 0 Å². The predicted octanol–water partition coefficient (Wildman–Crippen LogP) is -2.98. The van der Waals surface area contributed by atoms with Crippen molar-refractivity contribution in [3.05, 3.63) is 0 Å². The molecular formula is C16H26O13. The molecule has 7 N–H and O–H groups in total. The second-order valence-corrected chi connectivity index (χ2v) is 6.86. The van der Waals surface area contributed by atoms with Gasteiger partial charge in [-0.15, -0.1) is 0 Å². The minimum atomic E-state index is -2.46. The number of carboxylic acids is 3. The first-order valence-electron chi connectivity index (χ1n) is 8.66. The molecule has 0 spiro atoms. The summed E-state index contributed by atoms with van der Waals surface area (Å²) in [6.45, 7) is 4.29. The molecule has 0 saturated carbocycles. The van der Waals surface area contributed by atoms with Crippen molar-refractivity contribution in [3.63, 3.8) is 0 Å². The molecule has 0 amide bonds. The fourth-order valence-corrected chi connectivity index (χ4v) is 2.88. The Morgan fingerprint density at radius 1 is 0.897 bits per heavy atom. The number of carboxylic acid groups (broad SMARTS) is 3. The zero-order chi connectivity index (χ0) is 22.6. The van der Waals surface area contributed by atoms with E-state index in [-0.39, 0.29) is 0 Å². The summed E-state index contributed by atoms with van der Waals surface area (Å²) in [4.78, 5) is 33.5. The van der Waals surface area contributed by atoms with E-state index in [0.717, 1.165) is 6.92 Å². The summed E-state index contributed by atoms with van der Waals surface area (Å²) in [5, 5.41) is 67.0. The van der Waals surface area contributed by atoms with Gasteiger partial charge in [-0.3, -0.25) is 0 Å². The quantitative estimate of drug-likeness (QED) is 0.185. The fourth-order valence-electron chi connectivity index (χ4n) is 2.88. The Morgan fingerprint density at radius 3 is 1.76 bits per heavy atom. The van der Waals surface area contributed by atoms with Crippen molar-refractivity contribution >= 4 is 17.9 Å².